The van der Waals surface area contributed by atoms with Crippen LogP contribution in [0.2, 0.25) is 0 Å². The molecule has 0 spiro atoms. The van der Waals surface area contributed by atoms with Crippen molar-refractivity contribution in [1.29, 1.82) is 0 Å². The van der Waals surface area contributed by atoms with Gasteiger partial charge in [0.1, 0.15) is 0 Å². The van der Waals surface area contributed by atoms with Crippen molar-refractivity contribution in [2.24, 2.45) is 5.41 Å². The molecule has 0 aliphatic rings. The second-order valence-corrected chi connectivity index (χ2v) is 6.10. The molecule has 1 N–H and O–H groups in total. The van der Waals surface area contributed by atoms with Crippen molar-refractivity contribution in [3.63, 3.8) is 0 Å². The Hall–Kier alpha value is -2.24. The lowest BCUT2D eigenvalue weighted by Crippen LogP contribution is -2.30. The molecule has 21 heavy (non-hydrogen) atoms. The molecule has 112 valence electrons. The molecule has 2 aromatic rings. The summed E-state index contributed by atoms with van der Waals surface area (Å²) in [6.45, 7) is 7.35. The fourth-order valence-electron chi connectivity index (χ4n) is 1.97. The standard InChI is InChI=1S/C15H21N5O/c1-15(2,3)11-12(21)16-7-9-20-10-8-19-14(20)13-17-5-4-6-18-13/h4-6,8,10H,7,9,11H2,1-3H3,(H,16,21). The van der Waals surface area contributed by atoms with E-state index in [0.29, 0.717) is 31.2 Å². The number of rotatable bonds is 5. The fourth-order valence-corrected chi connectivity index (χ4v) is 1.97. The molecule has 0 aromatic carbocycles. The Morgan fingerprint density at radius 3 is 2.57 bits per heavy atom. The van der Waals surface area contributed by atoms with Gasteiger partial charge in [0.05, 0.1) is 0 Å². The number of aromatic nitrogens is 4. The van der Waals surface area contributed by atoms with E-state index in [4.69, 9.17) is 0 Å². The van der Waals surface area contributed by atoms with Crippen LogP contribution in [0.3, 0.4) is 0 Å². The summed E-state index contributed by atoms with van der Waals surface area (Å²) in [5.74, 6) is 1.37. The Kier molecular flexibility index (Phi) is 4.67. The van der Waals surface area contributed by atoms with Gasteiger partial charge in [0, 0.05) is 44.3 Å². The Balaban J connectivity index is 1.91. The number of nitrogens with zero attached hydrogens (tertiary/aromatic N) is 4. The van der Waals surface area contributed by atoms with Gasteiger partial charge in [-0.05, 0) is 11.5 Å². The molecule has 0 atom stereocenters. The molecule has 2 rings (SSSR count). The summed E-state index contributed by atoms with van der Waals surface area (Å²) in [5, 5.41) is 2.93. The Morgan fingerprint density at radius 2 is 1.90 bits per heavy atom. The lowest BCUT2D eigenvalue weighted by molar-refractivity contribution is -0.122. The summed E-state index contributed by atoms with van der Waals surface area (Å²) < 4.78 is 1.94. The minimum atomic E-state index is 0.00211. The van der Waals surface area contributed by atoms with E-state index < -0.39 is 0 Å². The molecule has 0 unspecified atom stereocenters. The van der Waals surface area contributed by atoms with Crippen LogP contribution in [0.5, 0.6) is 0 Å². The third-order valence-corrected chi connectivity index (χ3v) is 2.85. The number of imidazole rings is 1. The third-order valence-electron chi connectivity index (χ3n) is 2.85. The summed E-state index contributed by atoms with van der Waals surface area (Å²) in [6, 6.07) is 1.77. The molecule has 2 aromatic heterocycles. The minimum Gasteiger partial charge on any atom is -0.354 e. The maximum atomic E-state index is 11.8. The predicted molar refractivity (Wildman–Crippen MR) is 80.3 cm³/mol. The van der Waals surface area contributed by atoms with Crippen LogP contribution in [0.15, 0.2) is 30.9 Å². The summed E-state index contributed by atoms with van der Waals surface area (Å²) in [5.41, 5.74) is 0.00211. The number of carbonyl (C=O) groups excluding carboxylic acids is 1. The van der Waals surface area contributed by atoms with E-state index in [1.54, 1.807) is 24.7 Å². The first-order valence-corrected chi connectivity index (χ1v) is 7.01. The van der Waals surface area contributed by atoms with Crippen LogP contribution in [0, 0.1) is 5.41 Å². The molecule has 1 amide bonds. The average molecular weight is 287 g/mol. The predicted octanol–water partition coefficient (Wildman–Crippen LogP) is 1.89. The normalized spacial score (nSPS) is 11.4. The molecular formula is C15H21N5O. The van der Waals surface area contributed by atoms with Crippen molar-refractivity contribution < 1.29 is 4.79 Å². The van der Waals surface area contributed by atoms with Crippen LogP contribution < -0.4 is 5.32 Å². The van der Waals surface area contributed by atoms with E-state index in [1.807, 2.05) is 31.5 Å². The number of amides is 1. The topological polar surface area (TPSA) is 72.7 Å². The Bertz CT molecular complexity index is 586. The highest BCUT2D eigenvalue weighted by molar-refractivity contribution is 5.76. The molecule has 0 aliphatic carbocycles. The van der Waals surface area contributed by atoms with E-state index in [1.165, 1.54) is 0 Å². The number of nitrogens with one attached hydrogen (secondary N) is 1. The first-order chi connectivity index (χ1) is 9.96. The fraction of sp³-hybridized carbons (Fsp3) is 0.467. The third kappa shape index (κ3) is 4.66. The van der Waals surface area contributed by atoms with Gasteiger partial charge >= 0.3 is 0 Å². The van der Waals surface area contributed by atoms with Crippen molar-refractivity contribution in [1.82, 2.24) is 24.8 Å². The maximum Gasteiger partial charge on any atom is 0.220 e. The van der Waals surface area contributed by atoms with Crippen LogP contribution in [0.1, 0.15) is 27.2 Å². The van der Waals surface area contributed by atoms with Gasteiger partial charge in [-0.25, -0.2) is 15.0 Å². The zero-order valence-electron chi connectivity index (χ0n) is 12.7. The summed E-state index contributed by atoms with van der Waals surface area (Å²) >= 11 is 0. The van der Waals surface area contributed by atoms with Gasteiger partial charge in [0.15, 0.2) is 11.6 Å². The molecule has 0 radical (unpaired) electrons. The second kappa shape index (κ2) is 6.47. The van der Waals surface area contributed by atoms with Crippen molar-refractivity contribution in [3.05, 3.63) is 30.9 Å². The average Bonchev–Trinajstić information content (AvgIpc) is 2.86. The van der Waals surface area contributed by atoms with Crippen LogP contribution in [-0.4, -0.2) is 32.0 Å². The SMILES string of the molecule is CC(C)(C)CC(=O)NCCn1ccnc1-c1ncccn1. The van der Waals surface area contributed by atoms with Crippen molar-refractivity contribution in [2.45, 2.75) is 33.7 Å². The van der Waals surface area contributed by atoms with E-state index in [-0.39, 0.29) is 11.3 Å². The monoisotopic (exact) mass is 287 g/mol. The Morgan fingerprint density at radius 1 is 1.19 bits per heavy atom. The zero-order valence-corrected chi connectivity index (χ0v) is 12.7. The molecular weight excluding hydrogens is 266 g/mol. The van der Waals surface area contributed by atoms with Gasteiger partial charge < -0.3 is 9.88 Å². The highest BCUT2D eigenvalue weighted by Crippen LogP contribution is 2.17. The van der Waals surface area contributed by atoms with E-state index in [2.05, 4.69) is 20.3 Å². The van der Waals surface area contributed by atoms with Gasteiger partial charge in [-0.15, -0.1) is 0 Å². The van der Waals surface area contributed by atoms with E-state index in [0.717, 1.165) is 0 Å². The molecule has 0 aliphatic heterocycles. The summed E-state index contributed by atoms with van der Waals surface area (Å²) in [6.07, 6.45) is 7.47. The maximum absolute atomic E-state index is 11.8. The summed E-state index contributed by atoms with van der Waals surface area (Å²) in [4.78, 5) is 24.4. The number of hydrogen-bond acceptors (Lipinski definition) is 4. The molecule has 6 nitrogen and oxygen atoms in total. The number of hydrogen-bond donors (Lipinski definition) is 1. The molecule has 2 heterocycles. The highest BCUT2D eigenvalue weighted by Gasteiger charge is 2.15. The molecule has 0 saturated heterocycles. The molecule has 6 heteroatoms. The lowest BCUT2D eigenvalue weighted by Gasteiger charge is -2.17. The van der Waals surface area contributed by atoms with Gasteiger partial charge in [-0.1, -0.05) is 20.8 Å². The van der Waals surface area contributed by atoms with Crippen molar-refractivity contribution in [3.8, 4) is 11.6 Å². The first-order valence-electron chi connectivity index (χ1n) is 7.01. The van der Waals surface area contributed by atoms with Gasteiger partial charge in [-0.2, -0.15) is 0 Å². The smallest absolute Gasteiger partial charge is 0.220 e. The van der Waals surface area contributed by atoms with Gasteiger partial charge in [0.25, 0.3) is 0 Å². The minimum absolute atomic E-state index is 0.00211. The van der Waals surface area contributed by atoms with Gasteiger partial charge in [0.2, 0.25) is 5.91 Å². The van der Waals surface area contributed by atoms with Crippen LogP contribution in [-0.2, 0) is 11.3 Å². The van der Waals surface area contributed by atoms with E-state index in [9.17, 15) is 4.79 Å². The van der Waals surface area contributed by atoms with E-state index >= 15 is 0 Å². The molecule has 0 fully saturated rings. The van der Waals surface area contributed by atoms with Crippen molar-refractivity contribution >= 4 is 5.91 Å². The first kappa shape index (κ1) is 15.2. The summed E-state index contributed by atoms with van der Waals surface area (Å²) in [7, 11) is 0. The lowest BCUT2D eigenvalue weighted by atomic mass is 9.92. The highest BCUT2D eigenvalue weighted by atomic mass is 16.1. The van der Waals surface area contributed by atoms with Crippen molar-refractivity contribution in [2.75, 3.05) is 6.54 Å². The van der Waals surface area contributed by atoms with Crippen LogP contribution >= 0.6 is 0 Å². The van der Waals surface area contributed by atoms with Crippen LogP contribution in [0.4, 0.5) is 0 Å². The largest absolute Gasteiger partial charge is 0.354 e. The quantitative estimate of drug-likeness (QED) is 0.911. The molecule has 0 bridgehead atoms. The molecule has 0 saturated carbocycles. The van der Waals surface area contributed by atoms with Crippen LogP contribution in [0.25, 0.3) is 11.6 Å². The van der Waals surface area contributed by atoms with Gasteiger partial charge in [-0.3, -0.25) is 4.79 Å². The number of carbonyl (C=O) groups is 1. The second-order valence-electron chi connectivity index (χ2n) is 6.10. The zero-order chi connectivity index (χ0) is 15.3. The Labute approximate surface area is 124 Å².